The number of nitrogens with zero attached hydrogens (tertiary/aromatic N) is 10. The molecule has 11 atom stereocenters. The summed E-state index contributed by atoms with van der Waals surface area (Å²) in [5, 5.41) is 69.7. The van der Waals surface area contributed by atoms with E-state index in [4.69, 9.17) is 24.2 Å². The van der Waals surface area contributed by atoms with Gasteiger partial charge >= 0.3 is 5.97 Å². The largest absolute Gasteiger partial charge is 0.480 e. The Kier molecular flexibility index (Phi) is 41.9. The topological polar surface area (TPSA) is 282 Å². The summed E-state index contributed by atoms with van der Waals surface area (Å²) in [4.78, 5) is 42.9. The SMILES string of the molecule is C=CC[C@@]1(CC(C)C)C[C@](C)(/C=N/NC)ON1Cc1ccccc1.CC[C@@]1(C)C[C@@](C/C=N/NC)(CC(C)C)N(CC(=O)O)O1.CC[C@@]1(C)C[C@@](C/C=N/NC)(CC(C)C)N(Cc2ccccc2)O1.CN/N=C/[C@@]1(C)C[C@@](CCO)(CC(C)C)N(Cc2ccccc2)O1.CN/N=C/[C@@]1(C)C[C@](CC(C)C)(CC(O)CO)N(Cc2ccccc2)O1. The van der Waals surface area contributed by atoms with Gasteiger partial charge in [0.15, 0.2) is 0 Å². The second kappa shape index (κ2) is 48.7. The van der Waals surface area contributed by atoms with Crippen LogP contribution in [-0.2, 0) is 55.2 Å². The summed E-state index contributed by atoms with van der Waals surface area (Å²) in [7, 11) is 8.94. The summed E-state index contributed by atoms with van der Waals surface area (Å²) >= 11 is 0. The molecule has 1 unspecified atom stereocenters. The lowest BCUT2D eigenvalue weighted by Gasteiger charge is -2.39. The second-order valence-electron chi connectivity index (χ2n) is 36.9. The van der Waals surface area contributed by atoms with Crippen LogP contribution in [0, 0.1) is 29.6 Å². The number of carboxylic acids is 1. The minimum Gasteiger partial charge on any atom is -0.480 e. The quantitative estimate of drug-likeness (QED) is 0.0113. The van der Waals surface area contributed by atoms with Gasteiger partial charge in [-0.1, -0.05) is 210 Å². The van der Waals surface area contributed by atoms with E-state index in [0.29, 0.717) is 68.4 Å². The smallest absolute Gasteiger partial charge is 0.320 e. The van der Waals surface area contributed by atoms with Crippen molar-refractivity contribution in [1.29, 1.82) is 0 Å². The molecular weight excluding hydrogens is 1500 g/mol. The lowest BCUT2D eigenvalue weighted by Crippen LogP contribution is -2.46. The number of carboxylic acid groups (broad SMARTS) is 1. The Labute approximate surface area is 716 Å². The number of benzene rings is 4. The Morgan fingerprint density at radius 3 is 1.02 bits per heavy atom. The number of nitrogens with one attached hydrogen (secondary N) is 5. The molecule has 5 heterocycles. The molecule has 0 amide bonds. The van der Waals surface area contributed by atoms with Crippen molar-refractivity contribution >= 4 is 37.0 Å². The van der Waals surface area contributed by atoms with Crippen molar-refractivity contribution in [3.8, 4) is 0 Å². The van der Waals surface area contributed by atoms with Gasteiger partial charge in [0.05, 0.1) is 70.3 Å². The van der Waals surface area contributed by atoms with Gasteiger partial charge in [-0.2, -0.15) is 50.8 Å². The molecule has 9 N–H and O–H groups in total. The van der Waals surface area contributed by atoms with Crippen molar-refractivity contribution in [2.75, 3.05) is 55.0 Å². The molecule has 0 radical (unpaired) electrons. The van der Waals surface area contributed by atoms with E-state index in [0.717, 1.165) is 102 Å². The normalized spacial score (nSPS) is 28.5. The molecule has 0 bridgehead atoms. The van der Waals surface area contributed by atoms with Crippen LogP contribution in [0.1, 0.15) is 249 Å². The van der Waals surface area contributed by atoms with E-state index in [1.807, 2.05) is 99.5 Å². The zero-order valence-electron chi connectivity index (χ0n) is 76.9. The molecule has 9 rings (SSSR count). The van der Waals surface area contributed by atoms with E-state index in [-0.39, 0.29) is 58.7 Å². The molecule has 668 valence electrons. The molecule has 5 aliphatic heterocycles. The summed E-state index contributed by atoms with van der Waals surface area (Å²) in [6.45, 7) is 43.7. The highest BCUT2D eigenvalue weighted by atomic mass is 16.7. The Morgan fingerprint density at radius 2 is 0.706 bits per heavy atom. The van der Waals surface area contributed by atoms with E-state index in [2.05, 4.69) is 264 Å². The van der Waals surface area contributed by atoms with Crippen LogP contribution >= 0.6 is 0 Å². The predicted octanol–water partition coefficient (Wildman–Crippen LogP) is 16.0. The standard InChI is InChI=1S/C20H33N3O3.C20H33N3O.C20H31N3O.C19H31N3O2.C15H29N3O3/c1-16(2)10-20(11-18(25)13-24)14-19(3,15-22-21-4)26-23(20)12-17-8-6-5-7-9-17;1-6-19(4)16-20(14-17(2)3,12-13-22-21-5)23(24-19)15-18-10-8-7-9-11-18;1-6-12-20(13-17(2)3)15-19(4,16-22-21-5)24-23(20)14-18-10-8-7-9-11-18;1-16(2)12-19(10-11-23)14-18(3,15-21-20-4)24-22(19)13-17-8-6-5-7-9-17;1-6-14(4)11-15(9-12(2)3,7-8-17-16-5)18(21-14)10-13(19)20/h5-9,15-16,18,21,24-25H,10-14H2,1-4H3;7-11,13,17,21H,6,12,14-16H2,1-5H3;6-11,16-17,21H,1,12-15H2,2-5H3;5-9,15-16,20,23H,10-14H2,1-4H3;8,12,16H,6-7,9-11H2,1-5H3,(H,19,20)/b22-15+;22-13+;22-16+;21-15+;17-8+/t18?,19-,20+;19-,20+;19-,20-;18-,19-;14-,15+/m10110/s1. The van der Waals surface area contributed by atoms with Crippen molar-refractivity contribution in [3.63, 3.8) is 0 Å². The summed E-state index contributed by atoms with van der Waals surface area (Å²) in [5.41, 5.74) is 16.2. The van der Waals surface area contributed by atoms with Crippen LogP contribution in [0.2, 0.25) is 0 Å². The lowest BCUT2D eigenvalue weighted by atomic mass is 9.77. The van der Waals surface area contributed by atoms with Crippen LogP contribution in [0.15, 0.2) is 159 Å². The Hall–Kier alpha value is -7.08. The first-order chi connectivity index (χ1) is 56.4. The number of hydrogen-bond acceptors (Lipinski definition) is 24. The van der Waals surface area contributed by atoms with Crippen molar-refractivity contribution in [2.45, 2.75) is 315 Å². The van der Waals surface area contributed by atoms with Gasteiger partial charge in [0.1, 0.15) is 23.3 Å². The maximum absolute atomic E-state index is 11.2. The van der Waals surface area contributed by atoms with Gasteiger partial charge in [-0.05, 0) is 164 Å². The molecule has 25 heteroatoms. The molecule has 0 aromatic heterocycles. The van der Waals surface area contributed by atoms with Gasteiger partial charge in [0.2, 0.25) is 0 Å². The first kappa shape index (κ1) is 102. The van der Waals surface area contributed by atoms with Crippen LogP contribution in [0.3, 0.4) is 0 Å². The van der Waals surface area contributed by atoms with Crippen molar-refractivity contribution in [3.05, 3.63) is 156 Å². The number of aliphatic hydroxyl groups is 3. The molecule has 4 aromatic rings. The highest BCUT2D eigenvalue weighted by molar-refractivity contribution is 5.70. The minimum atomic E-state index is -0.867. The highest BCUT2D eigenvalue weighted by Gasteiger charge is 2.57. The van der Waals surface area contributed by atoms with E-state index in [1.165, 1.54) is 16.7 Å². The lowest BCUT2D eigenvalue weighted by molar-refractivity contribution is -0.226. The van der Waals surface area contributed by atoms with Crippen molar-refractivity contribution < 1.29 is 49.4 Å². The van der Waals surface area contributed by atoms with Crippen molar-refractivity contribution in [1.82, 2.24) is 52.4 Å². The van der Waals surface area contributed by atoms with Gasteiger partial charge in [-0.25, -0.2) is 0 Å². The summed E-state index contributed by atoms with van der Waals surface area (Å²) in [6, 6.07) is 41.6. The van der Waals surface area contributed by atoms with Gasteiger partial charge in [-0.3, -0.25) is 29.0 Å². The molecule has 5 aliphatic rings. The number of carbonyl (C=O) groups is 1. The zero-order valence-corrected chi connectivity index (χ0v) is 76.9. The van der Waals surface area contributed by atoms with Gasteiger partial charge in [-0.15, -0.1) is 6.58 Å². The summed E-state index contributed by atoms with van der Waals surface area (Å²) in [6.07, 6.45) is 25.2. The average Bonchev–Trinajstić information content (AvgIpc) is 1.64. The van der Waals surface area contributed by atoms with Gasteiger partial charge < -0.3 is 47.6 Å². The van der Waals surface area contributed by atoms with Crippen LogP contribution < -0.4 is 27.1 Å². The van der Waals surface area contributed by atoms with Gasteiger partial charge in [0, 0.05) is 113 Å². The van der Waals surface area contributed by atoms with Crippen molar-refractivity contribution in [2.24, 2.45) is 55.1 Å². The second-order valence-corrected chi connectivity index (χ2v) is 36.9. The van der Waals surface area contributed by atoms with E-state index in [1.54, 1.807) is 32.4 Å². The molecule has 5 fully saturated rings. The third-order valence-corrected chi connectivity index (χ3v) is 22.8. The van der Waals surface area contributed by atoms with E-state index < -0.39 is 28.9 Å². The molecule has 5 saturated heterocycles. The maximum atomic E-state index is 11.2. The van der Waals surface area contributed by atoms with Crippen LogP contribution in [0.5, 0.6) is 0 Å². The van der Waals surface area contributed by atoms with Gasteiger partial charge in [0.25, 0.3) is 0 Å². The third-order valence-electron chi connectivity index (χ3n) is 22.8. The fourth-order valence-corrected chi connectivity index (χ4v) is 18.6. The predicted molar refractivity (Wildman–Crippen MR) is 486 cm³/mol. The Bertz CT molecular complexity index is 3640. The fourth-order valence-electron chi connectivity index (χ4n) is 18.6. The number of rotatable bonds is 41. The fraction of sp³-hybridized carbons (Fsp3) is 0.660. The first-order valence-corrected chi connectivity index (χ1v) is 43.6. The molecular formula is C94H157N15O10. The van der Waals surface area contributed by atoms with E-state index in [9.17, 15) is 25.2 Å². The number of aliphatic hydroxyl groups excluding tert-OH is 3. The number of hydrogen-bond donors (Lipinski definition) is 9. The molecule has 0 spiro atoms. The third kappa shape index (κ3) is 32.0. The number of hydrazone groups is 5. The Balaban J connectivity index is 0.000000265. The van der Waals surface area contributed by atoms with E-state index >= 15 is 0 Å². The minimum absolute atomic E-state index is 0.00484. The highest BCUT2D eigenvalue weighted by Crippen LogP contribution is 2.51. The molecule has 4 aromatic carbocycles. The summed E-state index contributed by atoms with van der Waals surface area (Å²) < 4.78 is 0. The maximum Gasteiger partial charge on any atom is 0.320 e. The van der Waals surface area contributed by atoms with Crippen LogP contribution in [-0.4, -0.2) is 200 Å². The monoisotopic (exact) mass is 1660 g/mol. The zero-order chi connectivity index (χ0) is 88.2. The molecule has 0 saturated carbocycles. The summed E-state index contributed by atoms with van der Waals surface area (Å²) in [5.74, 6) is 1.71. The molecule has 25 nitrogen and oxygen atoms in total. The average molecular weight is 1660 g/mol. The number of aliphatic carboxylic acids is 1. The first-order valence-electron chi connectivity index (χ1n) is 43.6. The van der Waals surface area contributed by atoms with Crippen LogP contribution in [0.4, 0.5) is 0 Å². The Morgan fingerprint density at radius 1 is 0.420 bits per heavy atom. The molecule has 0 aliphatic carbocycles. The molecule has 119 heavy (non-hydrogen) atoms. The van der Waals surface area contributed by atoms with Crippen LogP contribution in [0.25, 0.3) is 0 Å². The number of hydroxylamine groups is 10.